The number of nitrogens with one attached hydrogen (secondary N) is 1. The highest BCUT2D eigenvalue weighted by Crippen LogP contribution is 2.33. The van der Waals surface area contributed by atoms with E-state index in [0.29, 0.717) is 18.2 Å². The second-order valence-corrected chi connectivity index (χ2v) is 6.62. The maximum Gasteiger partial charge on any atom is 0.335 e. The molecule has 0 saturated carbocycles. The van der Waals surface area contributed by atoms with Gasteiger partial charge in [-0.05, 0) is 54.8 Å². The molecule has 1 atom stereocenters. The SMILES string of the molecule is CC(=O)NCc1cc([C@H]2CCCN2Cc2ccc(C(=O)O)cc2)ccn1. The number of benzene rings is 1. The molecule has 6 nitrogen and oxygen atoms in total. The highest BCUT2D eigenvalue weighted by Gasteiger charge is 2.26. The average molecular weight is 353 g/mol. The first-order valence-electron chi connectivity index (χ1n) is 8.78. The molecular formula is C20H23N3O3. The summed E-state index contributed by atoms with van der Waals surface area (Å²) in [4.78, 5) is 28.8. The zero-order valence-corrected chi connectivity index (χ0v) is 14.8. The molecule has 6 heteroatoms. The molecule has 1 amide bonds. The van der Waals surface area contributed by atoms with Crippen molar-refractivity contribution in [1.82, 2.24) is 15.2 Å². The predicted octanol–water partition coefficient (Wildman–Crippen LogP) is 2.75. The van der Waals surface area contributed by atoms with Crippen LogP contribution in [0.25, 0.3) is 0 Å². The van der Waals surface area contributed by atoms with Crippen molar-refractivity contribution < 1.29 is 14.7 Å². The molecule has 1 aromatic carbocycles. The van der Waals surface area contributed by atoms with Crippen LogP contribution < -0.4 is 5.32 Å². The summed E-state index contributed by atoms with van der Waals surface area (Å²) in [5.74, 6) is -0.969. The quantitative estimate of drug-likeness (QED) is 0.834. The smallest absolute Gasteiger partial charge is 0.335 e. The minimum absolute atomic E-state index is 0.0653. The first-order chi connectivity index (χ1) is 12.5. The molecule has 0 unspecified atom stereocenters. The normalized spacial score (nSPS) is 17.2. The fourth-order valence-corrected chi connectivity index (χ4v) is 3.40. The van der Waals surface area contributed by atoms with E-state index in [4.69, 9.17) is 5.11 Å². The number of pyridine rings is 1. The number of carboxylic acid groups (broad SMARTS) is 1. The van der Waals surface area contributed by atoms with Gasteiger partial charge in [0.2, 0.25) is 5.91 Å². The summed E-state index contributed by atoms with van der Waals surface area (Å²) in [7, 11) is 0. The maximum atomic E-state index is 11.1. The lowest BCUT2D eigenvalue weighted by molar-refractivity contribution is -0.119. The topological polar surface area (TPSA) is 82.5 Å². The Morgan fingerprint density at radius 3 is 2.73 bits per heavy atom. The van der Waals surface area contributed by atoms with Crippen molar-refractivity contribution in [2.75, 3.05) is 6.54 Å². The molecule has 2 N–H and O–H groups in total. The summed E-state index contributed by atoms with van der Waals surface area (Å²) in [6.45, 7) is 3.73. The van der Waals surface area contributed by atoms with Gasteiger partial charge in [0, 0.05) is 25.7 Å². The summed E-state index contributed by atoms with van der Waals surface area (Å²) in [6.07, 6.45) is 4.00. The van der Waals surface area contributed by atoms with Gasteiger partial charge in [-0.25, -0.2) is 4.79 Å². The summed E-state index contributed by atoms with van der Waals surface area (Å²) < 4.78 is 0. The molecule has 0 spiro atoms. The highest BCUT2D eigenvalue weighted by atomic mass is 16.4. The zero-order valence-electron chi connectivity index (χ0n) is 14.8. The number of carbonyl (C=O) groups is 2. The maximum absolute atomic E-state index is 11.1. The van der Waals surface area contributed by atoms with E-state index in [1.807, 2.05) is 18.2 Å². The summed E-state index contributed by atoms with van der Waals surface area (Å²) >= 11 is 0. The van der Waals surface area contributed by atoms with Gasteiger partial charge in [-0.15, -0.1) is 0 Å². The highest BCUT2D eigenvalue weighted by molar-refractivity contribution is 5.87. The largest absolute Gasteiger partial charge is 0.478 e. The molecule has 1 aliphatic heterocycles. The van der Waals surface area contributed by atoms with Gasteiger partial charge in [0.15, 0.2) is 0 Å². The van der Waals surface area contributed by atoms with Crippen molar-refractivity contribution in [3.63, 3.8) is 0 Å². The standard InChI is InChI=1S/C20H23N3O3/c1-14(24)22-12-18-11-17(8-9-21-18)19-3-2-10-23(19)13-15-4-6-16(7-5-15)20(25)26/h4-9,11,19H,2-3,10,12-13H2,1H3,(H,22,24)(H,25,26)/t19-/m1/s1. The number of aromatic carboxylic acids is 1. The molecule has 0 aliphatic carbocycles. The van der Waals surface area contributed by atoms with Crippen LogP contribution in [0.5, 0.6) is 0 Å². The zero-order chi connectivity index (χ0) is 18.5. The average Bonchev–Trinajstić information content (AvgIpc) is 3.09. The molecule has 1 aromatic heterocycles. The van der Waals surface area contributed by atoms with Gasteiger partial charge in [-0.3, -0.25) is 14.7 Å². The number of amides is 1. The lowest BCUT2D eigenvalue weighted by atomic mass is 10.0. The van der Waals surface area contributed by atoms with Gasteiger partial charge in [-0.1, -0.05) is 12.1 Å². The van der Waals surface area contributed by atoms with E-state index in [-0.39, 0.29) is 5.91 Å². The second kappa shape index (κ2) is 8.10. The van der Waals surface area contributed by atoms with Gasteiger partial charge in [0.25, 0.3) is 0 Å². The van der Waals surface area contributed by atoms with Crippen LogP contribution in [0.15, 0.2) is 42.6 Å². The van der Waals surface area contributed by atoms with Crippen molar-refractivity contribution in [2.45, 2.75) is 38.9 Å². The van der Waals surface area contributed by atoms with Gasteiger partial charge >= 0.3 is 5.97 Å². The van der Waals surface area contributed by atoms with E-state index in [0.717, 1.165) is 37.2 Å². The molecule has 0 radical (unpaired) electrons. The summed E-state index contributed by atoms with van der Waals surface area (Å²) in [5, 5.41) is 11.8. The van der Waals surface area contributed by atoms with Crippen LogP contribution in [0.3, 0.4) is 0 Å². The third kappa shape index (κ3) is 4.46. The van der Waals surface area contributed by atoms with Crippen LogP contribution in [-0.4, -0.2) is 33.4 Å². The molecule has 26 heavy (non-hydrogen) atoms. The fourth-order valence-electron chi connectivity index (χ4n) is 3.40. The number of hydrogen-bond acceptors (Lipinski definition) is 4. The molecule has 1 fully saturated rings. The number of likely N-dealkylation sites (tertiary alicyclic amines) is 1. The van der Waals surface area contributed by atoms with E-state index in [9.17, 15) is 9.59 Å². The number of aromatic nitrogens is 1. The minimum atomic E-state index is -0.904. The Morgan fingerprint density at radius 1 is 1.27 bits per heavy atom. The lowest BCUT2D eigenvalue weighted by Gasteiger charge is -2.25. The molecule has 1 aliphatic rings. The van der Waals surface area contributed by atoms with Gasteiger partial charge in [-0.2, -0.15) is 0 Å². The summed E-state index contributed by atoms with van der Waals surface area (Å²) in [6, 6.07) is 11.5. The van der Waals surface area contributed by atoms with E-state index in [1.54, 1.807) is 18.3 Å². The Hall–Kier alpha value is -2.73. The van der Waals surface area contributed by atoms with Crippen molar-refractivity contribution in [3.8, 4) is 0 Å². The first kappa shape index (κ1) is 18.1. The number of nitrogens with zero attached hydrogens (tertiary/aromatic N) is 2. The Kier molecular flexibility index (Phi) is 5.63. The number of carbonyl (C=O) groups excluding carboxylic acids is 1. The number of rotatable bonds is 6. The Morgan fingerprint density at radius 2 is 2.04 bits per heavy atom. The van der Waals surface area contributed by atoms with Gasteiger partial charge in [0.05, 0.1) is 17.8 Å². The number of carboxylic acids is 1. The molecule has 0 bridgehead atoms. The van der Waals surface area contributed by atoms with E-state index < -0.39 is 5.97 Å². The van der Waals surface area contributed by atoms with Gasteiger partial charge < -0.3 is 10.4 Å². The predicted molar refractivity (Wildman–Crippen MR) is 97.5 cm³/mol. The van der Waals surface area contributed by atoms with Gasteiger partial charge in [0.1, 0.15) is 0 Å². The van der Waals surface area contributed by atoms with E-state index in [1.165, 1.54) is 12.5 Å². The first-order valence-corrected chi connectivity index (χ1v) is 8.78. The van der Waals surface area contributed by atoms with Crippen molar-refractivity contribution in [2.24, 2.45) is 0 Å². The minimum Gasteiger partial charge on any atom is -0.478 e. The Balaban J connectivity index is 1.70. The van der Waals surface area contributed by atoms with E-state index in [2.05, 4.69) is 21.3 Å². The van der Waals surface area contributed by atoms with Crippen LogP contribution in [0.4, 0.5) is 0 Å². The fraction of sp³-hybridized carbons (Fsp3) is 0.350. The molecule has 3 rings (SSSR count). The van der Waals surface area contributed by atoms with Crippen molar-refractivity contribution in [1.29, 1.82) is 0 Å². The lowest BCUT2D eigenvalue weighted by Crippen LogP contribution is -2.23. The summed E-state index contributed by atoms with van der Waals surface area (Å²) in [5.41, 5.74) is 3.48. The molecule has 1 saturated heterocycles. The van der Waals surface area contributed by atoms with Crippen LogP contribution in [-0.2, 0) is 17.9 Å². The molecule has 2 heterocycles. The Bertz CT molecular complexity index is 789. The van der Waals surface area contributed by atoms with Crippen molar-refractivity contribution in [3.05, 3.63) is 65.0 Å². The third-order valence-electron chi connectivity index (χ3n) is 4.69. The molecule has 136 valence electrons. The van der Waals surface area contributed by atoms with Crippen LogP contribution in [0, 0.1) is 0 Å². The molecular weight excluding hydrogens is 330 g/mol. The van der Waals surface area contributed by atoms with Crippen LogP contribution in [0.1, 0.15) is 53.0 Å². The monoisotopic (exact) mass is 353 g/mol. The molecule has 2 aromatic rings. The van der Waals surface area contributed by atoms with Crippen LogP contribution in [0.2, 0.25) is 0 Å². The number of hydrogen-bond donors (Lipinski definition) is 2. The van der Waals surface area contributed by atoms with Crippen LogP contribution >= 0.6 is 0 Å². The third-order valence-corrected chi connectivity index (χ3v) is 4.69. The Labute approximate surface area is 152 Å². The second-order valence-electron chi connectivity index (χ2n) is 6.62. The van der Waals surface area contributed by atoms with Crippen molar-refractivity contribution >= 4 is 11.9 Å². The van der Waals surface area contributed by atoms with E-state index >= 15 is 0 Å².